The maximum atomic E-state index is 5.41. The minimum atomic E-state index is 0.789. The predicted molar refractivity (Wildman–Crippen MR) is 76.9 cm³/mol. The molecule has 1 saturated carbocycles. The average Bonchev–Trinajstić information content (AvgIpc) is 3.26. The molecule has 1 aromatic carbocycles. The van der Waals surface area contributed by atoms with Crippen molar-refractivity contribution >= 4 is 0 Å². The normalized spacial score (nSPS) is 14.4. The lowest BCUT2D eigenvalue weighted by atomic mass is 10.2. The van der Waals surface area contributed by atoms with Crippen molar-refractivity contribution < 1.29 is 9.47 Å². The van der Waals surface area contributed by atoms with Crippen molar-refractivity contribution in [2.24, 2.45) is 0 Å². The first kappa shape index (κ1) is 14.2. The van der Waals surface area contributed by atoms with Crippen molar-refractivity contribution in [3.8, 4) is 11.5 Å². The summed E-state index contributed by atoms with van der Waals surface area (Å²) in [5.41, 5.74) is 1.14. The number of hydrogen-bond acceptors (Lipinski definition) is 4. The summed E-state index contributed by atoms with van der Waals surface area (Å²) in [6.45, 7) is 2.93. The molecule has 2 N–H and O–H groups in total. The van der Waals surface area contributed by atoms with E-state index in [1.165, 1.54) is 12.8 Å². The fraction of sp³-hybridized carbons (Fsp3) is 0.600. The number of nitrogens with one attached hydrogen (secondary N) is 2. The Hall–Kier alpha value is -1.26. The molecular weight excluding hydrogens is 240 g/mol. The van der Waals surface area contributed by atoms with Gasteiger partial charge in [-0.3, -0.25) is 0 Å². The molecule has 2 rings (SSSR count). The highest BCUT2D eigenvalue weighted by molar-refractivity contribution is 5.46. The molecule has 0 atom stereocenters. The van der Waals surface area contributed by atoms with Gasteiger partial charge in [-0.2, -0.15) is 0 Å². The highest BCUT2D eigenvalue weighted by Crippen LogP contribution is 2.30. The predicted octanol–water partition coefficient (Wildman–Crippen LogP) is 1.94. The molecule has 0 amide bonds. The summed E-state index contributed by atoms with van der Waals surface area (Å²) >= 11 is 0. The van der Waals surface area contributed by atoms with Crippen LogP contribution >= 0.6 is 0 Å². The van der Waals surface area contributed by atoms with Crippen LogP contribution in [0.15, 0.2) is 18.2 Å². The lowest BCUT2D eigenvalue weighted by molar-refractivity contribution is 0.350. The lowest BCUT2D eigenvalue weighted by Gasteiger charge is -2.13. The number of para-hydroxylation sites is 1. The van der Waals surface area contributed by atoms with Crippen LogP contribution in [0.2, 0.25) is 0 Å². The van der Waals surface area contributed by atoms with Crippen molar-refractivity contribution in [1.82, 2.24) is 10.6 Å². The molecule has 0 saturated heterocycles. The molecule has 0 aromatic heterocycles. The molecule has 0 bridgehead atoms. The van der Waals surface area contributed by atoms with E-state index < -0.39 is 0 Å². The van der Waals surface area contributed by atoms with Crippen molar-refractivity contribution in [2.75, 3.05) is 27.3 Å². The summed E-state index contributed by atoms with van der Waals surface area (Å²) in [7, 11) is 3.35. The Balaban J connectivity index is 1.71. The zero-order valence-corrected chi connectivity index (χ0v) is 11.9. The van der Waals surface area contributed by atoms with E-state index in [9.17, 15) is 0 Å². The van der Waals surface area contributed by atoms with Gasteiger partial charge in [0, 0.05) is 18.2 Å². The van der Waals surface area contributed by atoms with E-state index in [0.29, 0.717) is 0 Å². The van der Waals surface area contributed by atoms with Gasteiger partial charge in [-0.25, -0.2) is 0 Å². The largest absolute Gasteiger partial charge is 0.493 e. The van der Waals surface area contributed by atoms with Crippen molar-refractivity contribution in [3.63, 3.8) is 0 Å². The molecule has 106 valence electrons. The van der Waals surface area contributed by atoms with Gasteiger partial charge in [0.05, 0.1) is 14.2 Å². The molecule has 0 spiro atoms. The molecule has 0 heterocycles. The maximum Gasteiger partial charge on any atom is 0.165 e. The van der Waals surface area contributed by atoms with Crippen molar-refractivity contribution in [1.29, 1.82) is 0 Å². The van der Waals surface area contributed by atoms with Crippen LogP contribution < -0.4 is 20.1 Å². The van der Waals surface area contributed by atoms with Crippen LogP contribution in [0.25, 0.3) is 0 Å². The van der Waals surface area contributed by atoms with Crippen LogP contribution in [0, 0.1) is 0 Å². The molecule has 4 heteroatoms. The van der Waals surface area contributed by atoms with E-state index in [4.69, 9.17) is 9.47 Å². The minimum Gasteiger partial charge on any atom is -0.493 e. The van der Waals surface area contributed by atoms with Gasteiger partial charge >= 0.3 is 0 Å². The van der Waals surface area contributed by atoms with Gasteiger partial charge in [-0.05, 0) is 38.4 Å². The second-order valence-electron chi connectivity index (χ2n) is 4.91. The van der Waals surface area contributed by atoms with E-state index in [-0.39, 0.29) is 0 Å². The van der Waals surface area contributed by atoms with E-state index in [1.54, 1.807) is 14.2 Å². The standard InChI is InChI=1S/C15H24N2O2/c1-18-14-6-3-5-12(15(14)19-2)11-16-9-4-10-17-13-7-8-13/h3,5-6,13,16-17H,4,7-11H2,1-2H3. The van der Waals surface area contributed by atoms with Crippen LogP contribution in [0.5, 0.6) is 11.5 Å². The zero-order chi connectivity index (χ0) is 13.5. The Morgan fingerprint density at radius 3 is 2.68 bits per heavy atom. The first-order chi connectivity index (χ1) is 9.35. The first-order valence-corrected chi connectivity index (χ1v) is 6.99. The number of benzene rings is 1. The average molecular weight is 264 g/mol. The number of ether oxygens (including phenoxy) is 2. The van der Waals surface area contributed by atoms with Gasteiger partial charge in [0.2, 0.25) is 0 Å². The Morgan fingerprint density at radius 2 is 2.00 bits per heavy atom. The van der Waals surface area contributed by atoms with Gasteiger partial charge in [-0.15, -0.1) is 0 Å². The van der Waals surface area contributed by atoms with E-state index in [1.807, 2.05) is 12.1 Å². The second kappa shape index (κ2) is 7.36. The fourth-order valence-corrected chi connectivity index (χ4v) is 2.12. The number of rotatable bonds is 9. The first-order valence-electron chi connectivity index (χ1n) is 6.99. The van der Waals surface area contributed by atoms with Crippen LogP contribution in [0.4, 0.5) is 0 Å². The summed E-state index contributed by atoms with van der Waals surface area (Å²) in [5.74, 6) is 1.62. The van der Waals surface area contributed by atoms with E-state index in [0.717, 1.165) is 49.2 Å². The van der Waals surface area contributed by atoms with Gasteiger partial charge in [0.25, 0.3) is 0 Å². The second-order valence-corrected chi connectivity index (χ2v) is 4.91. The van der Waals surface area contributed by atoms with E-state index in [2.05, 4.69) is 16.7 Å². The molecule has 0 aliphatic heterocycles. The number of hydrogen-bond donors (Lipinski definition) is 2. The molecule has 4 nitrogen and oxygen atoms in total. The minimum absolute atomic E-state index is 0.789. The Morgan fingerprint density at radius 1 is 1.16 bits per heavy atom. The van der Waals surface area contributed by atoms with Crippen LogP contribution in [-0.4, -0.2) is 33.4 Å². The lowest BCUT2D eigenvalue weighted by Crippen LogP contribution is -2.23. The van der Waals surface area contributed by atoms with Gasteiger partial charge in [0.15, 0.2) is 11.5 Å². The van der Waals surface area contributed by atoms with Gasteiger partial charge in [-0.1, -0.05) is 12.1 Å². The molecule has 1 aromatic rings. The molecular formula is C15H24N2O2. The molecule has 19 heavy (non-hydrogen) atoms. The summed E-state index contributed by atoms with van der Waals surface area (Å²) in [4.78, 5) is 0. The fourth-order valence-electron chi connectivity index (χ4n) is 2.12. The summed E-state index contributed by atoms with van der Waals surface area (Å²) < 4.78 is 10.7. The number of methoxy groups -OCH3 is 2. The van der Waals surface area contributed by atoms with Crippen LogP contribution in [0.1, 0.15) is 24.8 Å². The van der Waals surface area contributed by atoms with Crippen LogP contribution in [-0.2, 0) is 6.54 Å². The summed E-state index contributed by atoms with van der Waals surface area (Å²) in [5, 5.41) is 6.96. The zero-order valence-electron chi connectivity index (χ0n) is 11.9. The molecule has 0 unspecified atom stereocenters. The third kappa shape index (κ3) is 4.40. The SMILES string of the molecule is COc1cccc(CNCCCNC2CC2)c1OC. The third-order valence-corrected chi connectivity index (χ3v) is 3.34. The monoisotopic (exact) mass is 264 g/mol. The molecule has 0 radical (unpaired) electrons. The molecule has 1 aliphatic carbocycles. The highest BCUT2D eigenvalue weighted by atomic mass is 16.5. The molecule has 1 aliphatic rings. The molecule has 1 fully saturated rings. The topological polar surface area (TPSA) is 42.5 Å². The van der Waals surface area contributed by atoms with Gasteiger partial charge < -0.3 is 20.1 Å². The van der Waals surface area contributed by atoms with Crippen molar-refractivity contribution in [2.45, 2.75) is 31.8 Å². The van der Waals surface area contributed by atoms with Gasteiger partial charge in [0.1, 0.15) is 0 Å². The van der Waals surface area contributed by atoms with Crippen LogP contribution in [0.3, 0.4) is 0 Å². The summed E-state index contributed by atoms with van der Waals surface area (Å²) in [6.07, 6.45) is 3.87. The Bertz CT molecular complexity index is 392. The highest BCUT2D eigenvalue weighted by Gasteiger charge is 2.19. The van der Waals surface area contributed by atoms with E-state index >= 15 is 0 Å². The third-order valence-electron chi connectivity index (χ3n) is 3.34. The Labute approximate surface area is 115 Å². The Kier molecular flexibility index (Phi) is 5.48. The maximum absolute atomic E-state index is 5.41. The summed E-state index contributed by atoms with van der Waals surface area (Å²) in [6, 6.07) is 6.78. The quantitative estimate of drug-likeness (QED) is 0.669. The smallest absolute Gasteiger partial charge is 0.165 e. The van der Waals surface area contributed by atoms with Crippen molar-refractivity contribution in [3.05, 3.63) is 23.8 Å².